The van der Waals surface area contributed by atoms with Gasteiger partial charge in [-0.15, -0.1) is 0 Å². The zero-order valence-electron chi connectivity index (χ0n) is 14.7. The standard InChI is InChI=1S/C19H39NO/c1-3-4-5-6-7-8-9-10-11-12-15-18(20)19(21-2)16-13-14-17-19/h18H,3-17,20H2,1-2H3. The monoisotopic (exact) mass is 297 g/mol. The molecule has 2 heteroatoms. The van der Waals surface area contributed by atoms with Gasteiger partial charge in [0.15, 0.2) is 0 Å². The second-order valence-corrected chi connectivity index (χ2v) is 7.05. The minimum atomic E-state index is 0.0132. The van der Waals surface area contributed by atoms with E-state index in [0.717, 1.165) is 6.42 Å². The molecule has 2 N–H and O–H groups in total. The van der Waals surface area contributed by atoms with Crippen LogP contribution in [0.4, 0.5) is 0 Å². The van der Waals surface area contributed by atoms with Gasteiger partial charge in [0.1, 0.15) is 0 Å². The van der Waals surface area contributed by atoms with Crippen LogP contribution >= 0.6 is 0 Å². The minimum absolute atomic E-state index is 0.0132. The number of hydrogen-bond donors (Lipinski definition) is 1. The van der Waals surface area contributed by atoms with Crippen molar-refractivity contribution in [1.29, 1.82) is 0 Å². The van der Waals surface area contributed by atoms with Crippen molar-refractivity contribution in [3.05, 3.63) is 0 Å². The molecule has 21 heavy (non-hydrogen) atoms. The van der Waals surface area contributed by atoms with E-state index in [4.69, 9.17) is 10.5 Å². The van der Waals surface area contributed by atoms with E-state index in [1.165, 1.54) is 89.9 Å². The molecule has 0 aliphatic heterocycles. The average Bonchev–Trinajstić information content (AvgIpc) is 2.99. The Hall–Kier alpha value is -0.0800. The summed E-state index contributed by atoms with van der Waals surface area (Å²) in [5, 5.41) is 0. The molecule has 0 aromatic rings. The summed E-state index contributed by atoms with van der Waals surface area (Å²) in [5.41, 5.74) is 6.42. The summed E-state index contributed by atoms with van der Waals surface area (Å²) in [4.78, 5) is 0. The van der Waals surface area contributed by atoms with Crippen LogP contribution < -0.4 is 5.73 Å². The second-order valence-electron chi connectivity index (χ2n) is 7.05. The first kappa shape index (κ1) is 19.0. The number of nitrogens with two attached hydrogens (primary N) is 1. The SMILES string of the molecule is CCCCCCCCCCCCC(N)C1(OC)CCCC1. The van der Waals surface area contributed by atoms with Crippen molar-refractivity contribution in [1.82, 2.24) is 0 Å². The smallest absolute Gasteiger partial charge is 0.0828 e. The Kier molecular flexibility index (Phi) is 10.4. The summed E-state index contributed by atoms with van der Waals surface area (Å²) in [6, 6.07) is 0.249. The third kappa shape index (κ3) is 7.15. The average molecular weight is 298 g/mol. The zero-order chi connectivity index (χ0) is 15.4. The highest BCUT2D eigenvalue weighted by atomic mass is 16.5. The van der Waals surface area contributed by atoms with E-state index in [0.29, 0.717) is 0 Å². The van der Waals surface area contributed by atoms with E-state index in [1.54, 1.807) is 0 Å². The van der Waals surface area contributed by atoms with Crippen LogP contribution in [0.25, 0.3) is 0 Å². The summed E-state index contributed by atoms with van der Waals surface area (Å²) in [5.74, 6) is 0. The molecule has 0 aromatic heterocycles. The molecule has 0 heterocycles. The molecule has 0 spiro atoms. The molecular formula is C19H39NO. The number of rotatable bonds is 13. The van der Waals surface area contributed by atoms with Gasteiger partial charge < -0.3 is 10.5 Å². The van der Waals surface area contributed by atoms with Crippen LogP contribution in [0.3, 0.4) is 0 Å². The normalized spacial score (nSPS) is 19.0. The first-order chi connectivity index (χ1) is 10.2. The lowest BCUT2D eigenvalue weighted by atomic mass is 9.88. The third-order valence-corrected chi connectivity index (χ3v) is 5.40. The maximum Gasteiger partial charge on any atom is 0.0828 e. The predicted molar refractivity (Wildman–Crippen MR) is 92.6 cm³/mol. The van der Waals surface area contributed by atoms with Gasteiger partial charge in [0.05, 0.1) is 5.60 Å². The van der Waals surface area contributed by atoms with Gasteiger partial charge in [0, 0.05) is 13.2 Å². The van der Waals surface area contributed by atoms with Crippen molar-refractivity contribution in [2.24, 2.45) is 5.73 Å². The number of methoxy groups -OCH3 is 1. The third-order valence-electron chi connectivity index (χ3n) is 5.40. The summed E-state index contributed by atoms with van der Waals surface area (Å²) in [7, 11) is 1.85. The van der Waals surface area contributed by atoms with Crippen molar-refractivity contribution in [3.8, 4) is 0 Å². The van der Waals surface area contributed by atoms with Gasteiger partial charge in [-0.3, -0.25) is 0 Å². The zero-order valence-corrected chi connectivity index (χ0v) is 14.7. The van der Waals surface area contributed by atoms with Crippen LogP contribution in [0.15, 0.2) is 0 Å². The molecular weight excluding hydrogens is 258 g/mol. The quantitative estimate of drug-likeness (QED) is 0.450. The molecule has 0 radical (unpaired) electrons. The number of hydrogen-bond acceptors (Lipinski definition) is 2. The van der Waals surface area contributed by atoms with Gasteiger partial charge in [-0.25, -0.2) is 0 Å². The maximum absolute atomic E-state index is 6.41. The Bertz CT molecular complexity index is 236. The molecule has 1 unspecified atom stereocenters. The molecule has 1 aliphatic carbocycles. The summed E-state index contributed by atoms with van der Waals surface area (Å²) in [6.07, 6.45) is 20.0. The van der Waals surface area contributed by atoms with Gasteiger partial charge in [-0.05, 0) is 19.3 Å². The predicted octanol–water partition coefficient (Wildman–Crippen LogP) is 5.58. The molecule has 1 fully saturated rings. The van der Waals surface area contributed by atoms with Crippen LogP contribution in [0.5, 0.6) is 0 Å². The van der Waals surface area contributed by atoms with E-state index < -0.39 is 0 Å². The lowest BCUT2D eigenvalue weighted by Crippen LogP contribution is -2.47. The summed E-state index contributed by atoms with van der Waals surface area (Å²) < 4.78 is 5.78. The highest BCUT2D eigenvalue weighted by Gasteiger charge is 2.39. The Labute approximate surface area is 133 Å². The van der Waals surface area contributed by atoms with Crippen LogP contribution in [0, 0.1) is 0 Å². The Morgan fingerprint density at radius 2 is 1.33 bits per heavy atom. The fourth-order valence-corrected chi connectivity index (χ4v) is 3.81. The molecule has 1 saturated carbocycles. The van der Waals surface area contributed by atoms with Crippen molar-refractivity contribution < 1.29 is 4.74 Å². The van der Waals surface area contributed by atoms with Crippen molar-refractivity contribution in [2.75, 3.05) is 7.11 Å². The van der Waals surface area contributed by atoms with Gasteiger partial charge in [0.2, 0.25) is 0 Å². The molecule has 126 valence electrons. The van der Waals surface area contributed by atoms with Crippen LogP contribution in [-0.2, 0) is 4.74 Å². The highest BCUT2D eigenvalue weighted by Crippen LogP contribution is 2.36. The number of unbranched alkanes of at least 4 members (excludes halogenated alkanes) is 9. The molecule has 2 nitrogen and oxygen atoms in total. The largest absolute Gasteiger partial charge is 0.377 e. The topological polar surface area (TPSA) is 35.2 Å². The molecule has 0 amide bonds. The molecule has 0 bridgehead atoms. The molecule has 0 aromatic carbocycles. The van der Waals surface area contributed by atoms with Gasteiger partial charge in [0.25, 0.3) is 0 Å². The molecule has 1 rings (SSSR count). The lowest BCUT2D eigenvalue weighted by molar-refractivity contribution is -0.0279. The maximum atomic E-state index is 6.41. The minimum Gasteiger partial charge on any atom is -0.377 e. The van der Waals surface area contributed by atoms with E-state index in [-0.39, 0.29) is 11.6 Å². The first-order valence-corrected chi connectivity index (χ1v) is 9.56. The number of ether oxygens (including phenoxy) is 1. The van der Waals surface area contributed by atoms with Crippen LogP contribution in [0.2, 0.25) is 0 Å². The Balaban J connectivity index is 1.94. The van der Waals surface area contributed by atoms with E-state index in [2.05, 4.69) is 6.92 Å². The van der Waals surface area contributed by atoms with E-state index in [1.807, 2.05) is 7.11 Å². The van der Waals surface area contributed by atoms with E-state index >= 15 is 0 Å². The first-order valence-electron chi connectivity index (χ1n) is 9.56. The fraction of sp³-hybridized carbons (Fsp3) is 1.00. The highest BCUT2D eigenvalue weighted by molar-refractivity contribution is 4.94. The van der Waals surface area contributed by atoms with Crippen LogP contribution in [0.1, 0.15) is 103 Å². The van der Waals surface area contributed by atoms with Crippen molar-refractivity contribution >= 4 is 0 Å². The van der Waals surface area contributed by atoms with Crippen molar-refractivity contribution in [3.63, 3.8) is 0 Å². The molecule has 1 aliphatic rings. The van der Waals surface area contributed by atoms with Crippen LogP contribution in [-0.4, -0.2) is 18.8 Å². The van der Waals surface area contributed by atoms with Gasteiger partial charge in [-0.1, -0.05) is 84.0 Å². The Morgan fingerprint density at radius 1 is 0.857 bits per heavy atom. The lowest BCUT2D eigenvalue weighted by Gasteiger charge is -2.34. The molecule has 0 saturated heterocycles. The van der Waals surface area contributed by atoms with E-state index in [9.17, 15) is 0 Å². The summed E-state index contributed by atoms with van der Waals surface area (Å²) in [6.45, 7) is 2.28. The summed E-state index contributed by atoms with van der Waals surface area (Å²) >= 11 is 0. The molecule has 1 atom stereocenters. The second kappa shape index (κ2) is 11.5. The Morgan fingerprint density at radius 3 is 1.81 bits per heavy atom. The fourth-order valence-electron chi connectivity index (χ4n) is 3.81. The van der Waals surface area contributed by atoms with Gasteiger partial charge >= 0.3 is 0 Å². The van der Waals surface area contributed by atoms with Crippen molar-refractivity contribution in [2.45, 2.75) is 115 Å². The van der Waals surface area contributed by atoms with Gasteiger partial charge in [-0.2, -0.15) is 0 Å².